The van der Waals surface area contributed by atoms with Crippen LogP contribution in [0, 0.1) is 5.82 Å². The van der Waals surface area contributed by atoms with Crippen LogP contribution in [-0.4, -0.2) is 60.9 Å². The van der Waals surface area contributed by atoms with E-state index in [0.29, 0.717) is 23.6 Å². The molecule has 0 unspecified atom stereocenters. The summed E-state index contributed by atoms with van der Waals surface area (Å²) in [5.41, 5.74) is 1.12. The summed E-state index contributed by atoms with van der Waals surface area (Å²) in [6.45, 7) is 2.46. The summed E-state index contributed by atoms with van der Waals surface area (Å²) in [5.74, 6) is -1.24. The van der Waals surface area contributed by atoms with Gasteiger partial charge in [0.05, 0.1) is 19.9 Å². The Hall–Kier alpha value is -3.62. The molecule has 3 rings (SSSR count). The molecule has 1 saturated heterocycles. The molecule has 1 atom stereocenters. The topological polar surface area (TPSA) is 88.2 Å². The maximum absolute atomic E-state index is 13.1. The molecule has 0 aliphatic carbocycles. The minimum atomic E-state index is -0.824. The van der Waals surface area contributed by atoms with Gasteiger partial charge in [-0.3, -0.25) is 14.4 Å². The lowest BCUT2D eigenvalue weighted by Crippen LogP contribution is -2.59. The maximum Gasteiger partial charge on any atom is 0.312 e. The van der Waals surface area contributed by atoms with E-state index in [9.17, 15) is 18.8 Å². The van der Waals surface area contributed by atoms with Gasteiger partial charge in [-0.2, -0.15) is 0 Å². The number of nitrogens with one attached hydrogen (secondary N) is 1. The maximum atomic E-state index is 13.1. The Morgan fingerprint density at radius 1 is 1.06 bits per heavy atom. The highest BCUT2D eigenvalue weighted by atomic mass is 19.1. The Labute approximate surface area is 185 Å². The highest BCUT2D eigenvalue weighted by Gasteiger charge is 2.38. The number of hydrogen-bond donors (Lipinski definition) is 1. The molecule has 0 saturated carbocycles. The van der Waals surface area contributed by atoms with Crippen LogP contribution in [0.3, 0.4) is 0 Å². The lowest BCUT2D eigenvalue weighted by Gasteiger charge is -2.37. The second-order valence-corrected chi connectivity index (χ2v) is 7.33. The lowest BCUT2D eigenvalue weighted by atomic mass is 10.1. The lowest BCUT2D eigenvalue weighted by molar-refractivity contribution is -0.159. The number of piperazine rings is 1. The number of carbonyl (C=O) groups is 3. The molecule has 1 aliphatic heterocycles. The van der Waals surface area contributed by atoms with Gasteiger partial charge in [-0.15, -0.1) is 0 Å². The fourth-order valence-corrected chi connectivity index (χ4v) is 3.62. The Morgan fingerprint density at radius 3 is 2.41 bits per heavy atom. The van der Waals surface area contributed by atoms with E-state index in [2.05, 4.69) is 5.32 Å². The third kappa shape index (κ3) is 4.99. The molecule has 9 heteroatoms. The Kier molecular flexibility index (Phi) is 7.29. The van der Waals surface area contributed by atoms with Crippen molar-refractivity contribution in [3.05, 3.63) is 53.8 Å². The van der Waals surface area contributed by atoms with Crippen molar-refractivity contribution in [3.63, 3.8) is 0 Å². The summed E-state index contributed by atoms with van der Waals surface area (Å²) in [5, 5.41) is 2.78. The van der Waals surface area contributed by atoms with Gasteiger partial charge < -0.3 is 24.6 Å². The number of rotatable bonds is 8. The van der Waals surface area contributed by atoms with E-state index < -0.39 is 23.8 Å². The van der Waals surface area contributed by atoms with Gasteiger partial charge in [-0.25, -0.2) is 4.39 Å². The first-order valence-corrected chi connectivity index (χ1v) is 10.2. The average Bonchev–Trinajstić information content (AvgIpc) is 2.80. The molecule has 1 fully saturated rings. The zero-order valence-corrected chi connectivity index (χ0v) is 18.3. The fourth-order valence-electron chi connectivity index (χ4n) is 3.62. The van der Waals surface area contributed by atoms with Gasteiger partial charge in [0.15, 0.2) is 0 Å². The number of hydrogen-bond acceptors (Lipinski definition) is 5. The molecule has 2 aromatic rings. The second-order valence-electron chi connectivity index (χ2n) is 7.33. The Bertz CT molecular complexity index is 996. The van der Waals surface area contributed by atoms with E-state index in [4.69, 9.17) is 9.47 Å². The standard InChI is InChI=1S/C23H26FN3O5/c1-4-19(21(28)25-18-13-17(31-2)9-10-20(18)32-3)27-12-11-26(22(29)23(27)30)14-15-5-7-16(24)8-6-15/h5-10,13,19H,4,11-12,14H2,1-3H3,(H,25,28)/t19-/m1/s1. The van der Waals surface area contributed by atoms with Gasteiger partial charge in [-0.1, -0.05) is 19.1 Å². The third-order valence-corrected chi connectivity index (χ3v) is 5.36. The van der Waals surface area contributed by atoms with Crippen LogP contribution in [0.2, 0.25) is 0 Å². The first kappa shape index (κ1) is 23.1. The predicted molar refractivity (Wildman–Crippen MR) is 116 cm³/mol. The van der Waals surface area contributed by atoms with Crippen molar-refractivity contribution in [3.8, 4) is 11.5 Å². The number of anilines is 1. The van der Waals surface area contributed by atoms with E-state index in [0.717, 1.165) is 5.56 Å². The van der Waals surface area contributed by atoms with Crippen LogP contribution in [-0.2, 0) is 20.9 Å². The van der Waals surface area contributed by atoms with Gasteiger partial charge in [-0.05, 0) is 36.2 Å². The van der Waals surface area contributed by atoms with Crippen molar-refractivity contribution in [1.82, 2.24) is 9.80 Å². The summed E-state index contributed by atoms with van der Waals surface area (Å²) < 4.78 is 23.6. The molecular weight excluding hydrogens is 417 g/mol. The van der Waals surface area contributed by atoms with Crippen LogP contribution in [0.4, 0.5) is 10.1 Å². The summed E-state index contributed by atoms with van der Waals surface area (Å²) in [4.78, 5) is 41.2. The normalized spacial score (nSPS) is 14.9. The fraction of sp³-hybridized carbons (Fsp3) is 0.348. The van der Waals surface area contributed by atoms with Gasteiger partial charge in [0.2, 0.25) is 5.91 Å². The average molecular weight is 443 g/mol. The van der Waals surface area contributed by atoms with E-state index >= 15 is 0 Å². The second kappa shape index (κ2) is 10.1. The number of carbonyl (C=O) groups excluding carboxylic acids is 3. The highest BCUT2D eigenvalue weighted by molar-refractivity contribution is 6.35. The number of benzene rings is 2. The first-order chi connectivity index (χ1) is 15.4. The van der Waals surface area contributed by atoms with E-state index in [1.807, 2.05) is 0 Å². The van der Waals surface area contributed by atoms with Crippen molar-refractivity contribution >= 4 is 23.4 Å². The van der Waals surface area contributed by atoms with Gasteiger partial charge >= 0.3 is 11.8 Å². The molecule has 2 aromatic carbocycles. The number of amides is 3. The molecule has 8 nitrogen and oxygen atoms in total. The van der Waals surface area contributed by atoms with Crippen molar-refractivity contribution in [2.24, 2.45) is 0 Å². The molecule has 0 aromatic heterocycles. The summed E-state index contributed by atoms with van der Waals surface area (Å²) >= 11 is 0. The third-order valence-electron chi connectivity index (χ3n) is 5.36. The summed E-state index contributed by atoms with van der Waals surface area (Å²) in [6.07, 6.45) is 0.328. The van der Waals surface area contributed by atoms with Crippen LogP contribution >= 0.6 is 0 Å². The quantitative estimate of drug-likeness (QED) is 0.633. The zero-order valence-electron chi connectivity index (χ0n) is 18.3. The largest absolute Gasteiger partial charge is 0.497 e. The van der Waals surface area contributed by atoms with Gasteiger partial charge in [0, 0.05) is 25.7 Å². The van der Waals surface area contributed by atoms with Crippen molar-refractivity contribution in [2.45, 2.75) is 25.9 Å². The van der Waals surface area contributed by atoms with E-state index in [1.165, 1.54) is 36.2 Å². The molecule has 3 amide bonds. The monoisotopic (exact) mass is 443 g/mol. The molecule has 32 heavy (non-hydrogen) atoms. The molecule has 1 aliphatic rings. The molecule has 0 radical (unpaired) electrons. The smallest absolute Gasteiger partial charge is 0.312 e. The molecule has 0 bridgehead atoms. The van der Waals surface area contributed by atoms with E-state index in [1.54, 1.807) is 37.3 Å². The molecular formula is C23H26FN3O5. The van der Waals surface area contributed by atoms with Crippen LogP contribution < -0.4 is 14.8 Å². The molecule has 1 N–H and O–H groups in total. The Morgan fingerprint density at radius 2 is 1.78 bits per heavy atom. The minimum absolute atomic E-state index is 0.197. The number of methoxy groups -OCH3 is 2. The molecule has 170 valence electrons. The summed E-state index contributed by atoms with van der Waals surface area (Å²) in [6, 6.07) is 9.93. The van der Waals surface area contributed by atoms with Crippen LogP contribution in [0.5, 0.6) is 11.5 Å². The van der Waals surface area contributed by atoms with Crippen molar-refractivity contribution in [1.29, 1.82) is 0 Å². The number of nitrogens with zero attached hydrogens (tertiary/aromatic N) is 2. The van der Waals surface area contributed by atoms with Crippen molar-refractivity contribution < 1.29 is 28.2 Å². The van der Waals surface area contributed by atoms with Gasteiger partial charge in [0.1, 0.15) is 23.4 Å². The SMILES string of the molecule is CC[C@H](C(=O)Nc1cc(OC)ccc1OC)N1CCN(Cc2ccc(F)cc2)C(=O)C1=O. The van der Waals surface area contributed by atoms with E-state index in [-0.39, 0.29) is 25.5 Å². The molecule has 1 heterocycles. The first-order valence-electron chi connectivity index (χ1n) is 10.2. The highest BCUT2D eigenvalue weighted by Crippen LogP contribution is 2.29. The van der Waals surface area contributed by atoms with Crippen LogP contribution in [0.15, 0.2) is 42.5 Å². The number of ether oxygens (including phenoxy) is 2. The Balaban J connectivity index is 1.71. The predicted octanol–water partition coefficient (Wildman–Crippen LogP) is 2.43. The van der Waals surface area contributed by atoms with Gasteiger partial charge in [0.25, 0.3) is 0 Å². The minimum Gasteiger partial charge on any atom is -0.497 e. The van der Waals surface area contributed by atoms with Crippen LogP contribution in [0.25, 0.3) is 0 Å². The summed E-state index contributed by atoms with van der Waals surface area (Å²) in [7, 11) is 3.00. The number of halogens is 1. The van der Waals surface area contributed by atoms with Crippen LogP contribution in [0.1, 0.15) is 18.9 Å². The molecule has 0 spiro atoms. The van der Waals surface area contributed by atoms with Crippen molar-refractivity contribution in [2.75, 3.05) is 32.6 Å². The zero-order chi connectivity index (χ0) is 23.3.